The quantitative estimate of drug-likeness (QED) is 0.656. The highest BCUT2D eigenvalue weighted by Gasteiger charge is 2.05. The molecule has 0 radical (unpaired) electrons. The third-order valence-electron chi connectivity index (χ3n) is 3.69. The summed E-state index contributed by atoms with van der Waals surface area (Å²) in [6.45, 7) is 3.74. The van der Waals surface area contributed by atoms with Gasteiger partial charge in [0.15, 0.2) is 5.82 Å². The smallest absolute Gasteiger partial charge is 0.180 e. The van der Waals surface area contributed by atoms with Crippen molar-refractivity contribution in [1.29, 1.82) is 0 Å². The first kappa shape index (κ1) is 17.3. The zero-order valence-corrected chi connectivity index (χ0v) is 14.0. The first-order chi connectivity index (χ1) is 11.3. The number of hydrogen-bond acceptors (Lipinski definition) is 5. The van der Waals surface area contributed by atoms with Gasteiger partial charge in [0.05, 0.1) is 0 Å². The molecule has 5 nitrogen and oxygen atoms in total. The summed E-state index contributed by atoms with van der Waals surface area (Å²) in [6, 6.07) is 7.76. The molecular weight excluding hydrogens is 286 g/mol. The summed E-state index contributed by atoms with van der Waals surface area (Å²) < 4.78 is 0. The van der Waals surface area contributed by atoms with Crippen molar-refractivity contribution >= 4 is 5.82 Å². The third-order valence-corrected chi connectivity index (χ3v) is 3.69. The maximum Gasteiger partial charge on any atom is 0.180 e. The van der Waals surface area contributed by atoms with E-state index in [1.165, 1.54) is 25.7 Å². The number of hydrogen-bond donors (Lipinski definition) is 2. The van der Waals surface area contributed by atoms with Crippen molar-refractivity contribution in [2.45, 2.75) is 45.4 Å². The Labute approximate surface area is 138 Å². The van der Waals surface area contributed by atoms with Crippen LogP contribution in [0, 0.1) is 6.92 Å². The summed E-state index contributed by atoms with van der Waals surface area (Å²) in [7, 11) is 0. The molecule has 2 rings (SSSR count). The first-order valence-corrected chi connectivity index (χ1v) is 8.50. The van der Waals surface area contributed by atoms with Gasteiger partial charge in [-0.3, -0.25) is 4.98 Å². The SMILES string of the molecule is Cc1cc(NCCCCCCCCN)nc(-c2ccccn2)n1. The van der Waals surface area contributed by atoms with Gasteiger partial charge >= 0.3 is 0 Å². The van der Waals surface area contributed by atoms with Crippen LogP contribution in [0.4, 0.5) is 5.82 Å². The van der Waals surface area contributed by atoms with E-state index in [4.69, 9.17) is 5.73 Å². The van der Waals surface area contributed by atoms with Gasteiger partial charge in [0.2, 0.25) is 0 Å². The highest BCUT2D eigenvalue weighted by Crippen LogP contribution is 2.15. The molecule has 0 saturated carbocycles. The fourth-order valence-corrected chi connectivity index (χ4v) is 2.46. The van der Waals surface area contributed by atoms with Gasteiger partial charge in [-0.25, -0.2) is 9.97 Å². The monoisotopic (exact) mass is 313 g/mol. The fraction of sp³-hybridized carbons (Fsp3) is 0.500. The highest BCUT2D eigenvalue weighted by atomic mass is 15.0. The number of unbranched alkanes of at least 4 members (excludes halogenated alkanes) is 5. The summed E-state index contributed by atoms with van der Waals surface area (Å²) in [4.78, 5) is 13.3. The number of rotatable bonds is 10. The Morgan fingerprint density at radius 2 is 1.78 bits per heavy atom. The van der Waals surface area contributed by atoms with E-state index in [2.05, 4.69) is 20.3 Å². The Morgan fingerprint density at radius 3 is 2.52 bits per heavy atom. The van der Waals surface area contributed by atoms with Gasteiger partial charge in [0.1, 0.15) is 11.5 Å². The van der Waals surface area contributed by atoms with Crippen molar-refractivity contribution < 1.29 is 0 Å². The van der Waals surface area contributed by atoms with Crippen LogP contribution in [0.25, 0.3) is 11.5 Å². The molecule has 0 unspecified atom stereocenters. The molecule has 5 heteroatoms. The van der Waals surface area contributed by atoms with Crippen LogP contribution in [-0.4, -0.2) is 28.0 Å². The molecule has 0 aliphatic carbocycles. The minimum atomic E-state index is 0.676. The molecule has 23 heavy (non-hydrogen) atoms. The van der Waals surface area contributed by atoms with Gasteiger partial charge < -0.3 is 11.1 Å². The molecule has 3 N–H and O–H groups in total. The number of nitrogens with two attached hydrogens (primary N) is 1. The Morgan fingerprint density at radius 1 is 1.00 bits per heavy atom. The van der Waals surface area contributed by atoms with Gasteiger partial charge in [0.25, 0.3) is 0 Å². The second-order valence-corrected chi connectivity index (χ2v) is 5.77. The number of aromatic nitrogens is 3. The predicted octanol–water partition coefficient (Wildman–Crippen LogP) is 3.56. The molecule has 0 atom stereocenters. The lowest BCUT2D eigenvalue weighted by Gasteiger charge is -2.08. The predicted molar refractivity (Wildman–Crippen MR) is 95.2 cm³/mol. The molecule has 0 aromatic carbocycles. The number of nitrogens with zero attached hydrogens (tertiary/aromatic N) is 3. The van der Waals surface area contributed by atoms with Gasteiger partial charge in [-0.2, -0.15) is 0 Å². The van der Waals surface area contributed by atoms with Crippen molar-refractivity contribution in [2.24, 2.45) is 5.73 Å². The average molecular weight is 313 g/mol. The zero-order valence-electron chi connectivity index (χ0n) is 14.0. The molecule has 0 aliphatic heterocycles. The van der Waals surface area contributed by atoms with E-state index in [0.29, 0.717) is 5.82 Å². The highest BCUT2D eigenvalue weighted by molar-refractivity contribution is 5.52. The normalized spacial score (nSPS) is 10.7. The van der Waals surface area contributed by atoms with E-state index in [-0.39, 0.29) is 0 Å². The van der Waals surface area contributed by atoms with Crippen LogP contribution in [0.5, 0.6) is 0 Å². The standard InChI is InChI=1S/C18H27N5/c1-15-14-17(21-13-8-5-3-2-4-7-11-19)23-18(22-15)16-10-6-9-12-20-16/h6,9-10,12,14H,2-5,7-8,11,13,19H2,1H3,(H,21,22,23). The van der Waals surface area contributed by atoms with Crippen LogP contribution in [0.2, 0.25) is 0 Å². The fourth-order valence-electron chi connectivity index (χ4n) is 2.46. The van der Waals surface area contributed by atoms with Crippen LogP contribution in [0.15, 0.2) is 30.5 Å². The van der Waals surface area contributed by atoms with E-state index in [9.17, 15) is 0 Å². The van der Waals surface area contributed by atoms with Crippen LogP contribution in [0.3, 0.4) is 0 Å². The van der Waals surface area contributed by atoms with E-state index in [0.717, 1.165) is 43.1 Å². The van der Waals surface area contributed by atoms with Crippen LogP contribution in [0.1, 0.15) is 44.2 Å². The van der Waals surface area contributed by atoms with Crippen molar-refractivity contribution in [3.8, 4) is 11.5 Å². The molecule has 124 valence electrons. The molecule has 2 heterocycles. The topological polar surface area (TPSA) is 76.7 Å². The third kappa shape index (κ3) is 6.32. The molecule has 2 aromatic heterocycles. The molecular formula is C18H27N5. The summed E-state index contributed by atoms with van der Waals surface area (Å²) in [5, 5.41) is 3.40. The second kappa shape index (κ2) is 9.90. The van der Waals surface area contributed by atoms with Crippen molar-refractivity contribution in [3.05, 3.63) is 36.2 Å². The maximum atomic E-state index is 5.50. The summed E-state index contributed by atoms with van der Waals surface area (Å²) in [5.74, 6) is 1.55. The number of pyridine rings is 1. The van der Waals surface area contributed by atoms with Crippen LogP contribution >= 0.6 is 0 Å². The molecule has 2 aromatic rings. The molecule has 0 aliphatic rings. The Balaban J connectivity index is 1.78. The maximum absolute atomic E-state index is 5.50. The molecule has 0 saturated heterocycles. The number of anilines is 1. The van der Waals surface area contributed by atoms with Gasteiger partial charge in [-0.05, 0) is 38.4 Å². The lowest BCUT2D eigenvalue weighted by Crippen LogP contribution is -2.06. The average Bonchev–Trinajstić information content (AvgIpc) is 2.57. The summed E-state index contributed by atoms with van der Waals surface area (Å²) >= 11 is 0. The number of aryl methyl sites for hydroxylation is 1. The Bertz CT molecular complexity index is 571. The zero-order chi connectivity index (χ0) is 16.3. The van der Waals surface area contributed by atoms with Crippen LogP contribution < -0.4 is 11.1 Å². The number of nitrogens with one attached hydrogen (secondary N) is 1. The van der Waals surface area contributed by atoms with E-state index in [1.54, 1.807) is 6.20 Å². The Kier molecular flexibility index (Phi) is 7.46. The van der Waals surface area contributed by atoms with Gasteiger partial charge in [-0.1, -0.05) is 31.7 Å². The van der Waals surface area contributed by atoms with Gasteiger partial charge in [0, 0.05) is 24.5 Å². The van der Waals surface area contributed by atoms with E-state index >= 15 is 0 Å². The molecule has 0 spiro atoms. The van der Waals surface area contributed by atoms with Crippen molar-refractivity contribution in [2.75, 3.05) is 18.4 Å². The van der Waals surface area contributed by atoms with Crippen molar-refractivity contribution in [1.82, 2.24) is 15.0 Å². The minimum Gasteiger partial charge on any atom is -0.370 e. The lowest BCUT2D eigenvalue weighted by molar-refractivity contribution is 0.605. The molecule has 0 bridgehead atoms. The first-order valence-electron chi connectivity index (χ1n) is 8.50. The molecule has 0 amide bonds. The minimum absolute atomic E-state index is 0.676. The van der Waals surface area contributed by atoms with E-state index < -0.39 is 0 Å². The summed E-state index contributed by atoms with van der Waals surface area (Å²) in [6.07, 6.45) is 9.13. The second-order valence-electron chi connectivity index (χ2n) is 5.77. The molecule has 0 fully saturated rings. The van der Waals surface area contributed by atoms with Crippen molar-refractivity contribution in [3.63, 3.8) is 0 Å². The van der Waals surface area contributed by atoms with Gasteiger partial charge in [-0.15, -0.1) is 0 Å². The largest absolute Gasteiger partial charge is 0.370 e. The summed E-state index contributed by atoms with van der Waals surface area (Å²) in [5.41, 5.74) is 7.25. The van der Waals surface area contributed by atoms with Crippen LogP contribution in [-0.2, 0) is 0 Å². The Hall–Kier alpha value is -2.01. The van der Waals surface area contributed by atoms with E-state index in [1.807, 2.05) is 31.2 Å². The lowest BCUT2D eigenvalue weighted by atomic mass is 10.1.